The fraction of sp³-hybridized carbons (Fsp3) is 0.533. The van der Waals surface area contributed by atoms with Gasteiger partial charge in [0.15, 0.2) is 5.78 Å². The van der Waals surface area contributed by atoms with Crippen LogP contribution >= 0.6 is 0 Å². The summed E-state index contributed by atoms with van der Waals surface area (Å²) in [6.45, 7) is 2.63. The van der Waals surface area contributed by atoms with E-state index in [0.29, 0.717) is 17.5 Å². The van der Waals surface area contributed by atoms with Gasteiger partial charge in [0, 0.05) is 29.7 Å². The average molecular weight is 276 g/mol. The van der Waals surface area contributed by atoms with Crippen molar-refractivity contribution in [3.63, 3.8) is 0 Å². The van der Waals surface area contributed by atoms with E-state index in [1.54, 1.807) is 19.1 Å². The Bertz CT molecular complexity index is 506. The highest BCUT2D eigenvalue weighted by molar-refractivity contribution is 5.97. The molecule has 108 valence electrons. The molecular formula is C15H20N2O3. The van der Waals surface area contributed by atoms with Crippen LogP contribution in [-0.2, 0) is 0 Å². The van der Waals surface area contributed by atoms with Crippen LogP contribution in [0.1, 0.15) is 48.0 Å². The molecule has 1 aromatic rings. The largest absolute Gasteiger partial charge is 0.314 e. The summed E-state index contributed by atoms with van der Waals surface area (Å²) in [6.07, 6.45) is 4.91. The van der Waals surface area contributed by atoms with E-state index in [9.17, 15) is 14.9 Å². The number of nitrogens with one attached hydrogen (secondary N) is 1. The average Bonchev–Trinajstić information content (AvgIpc) is 2.67. The Morgan fingerprint density at radius 1 is 1.40 bits per heavy atom. The van der Waals surface area contributed by atoms with Crippen molar-refractivity contribution in [2.45, 2.75) is 45.1 Å². The van der Waals surface area contributed by atoms with Crippen LogP contribution in [0.5, 0.6) is 0 Å². The number of nitrogens with zero attached hydrogens (tertiary/aromatic N) is 1. The van der Waals surface area contributed by atoms with Gasteiger partial charge in [0.25, 0.3) is 5.69 Å². The molecule has 1 N–H and O–H groups in total. The summed E-state index contributed by atoms with van der Waals surface area (Å²) in [5, 5.41) is 14.3. The third kappa shape index (κ3) is 3.63. The molecule has 1 aromatic carbocycles. The first kappa shape index (κ1) is 14.7. The third-order valence-corrected chi connectivity index (χ3v) is 3.82. The van der Waals surface area contributed by atoms with Gasteiger partial charge in [-0.05, 0) is 26.3 Å². The van der Waals surface area contributed by atoms with E-state index < -0.39 is 4.92 Å². The smallest absolute Gasteiger partial charge is 0.273 e. The number of carbonyl (C=O) groups is 1. The Morgan fingerprint density at radius 2 is 2.20 bits per heavy atom. The molecule has 2 rings (SSSR count). The van der Waals surface area contributed by atoms with Gasteiger partial charge in [-0.25, -0.2) is 0 Å². The van der Waals surface area contributed by atoms with Crippen molar-refractivity contribution >= 4 is 11.5 Å². The number of ketones is 1. The monoisotopic (exact) mass is 276 g/mol. The summed E-state index contributed by atoms with van der Waals surface area (Å²) >= 11 is 0. The highest BCUT2D eigenvalue weighted by atomic mass is 16.6. The maximum atomic E-state index is 12.2. The van der Waals surface area contributed by atoms with E-state index in [1.807, 2.05) is 0 Å². The van der Waals surface area contributed by atoms with Gasteiger partial charge in [0.2, 0.25) is 0 Å². The SMILES string of the molecule is Cc1ccc(C(=O)CC2CCCCCN2)cc1[N+](=O)[O-]. The Labute approximate surface area is 118 Å². The lowest BCUT2D eigenvalue weighted by molar-refractivity contribution is -0.385. The summed E-state index contributed by atoms with van der Waals surface area (Å²) in [5.74, 6) is -0.0208. The van der Waals surface area contributed by atoms with E-state index >= 15 is 0 Å². The van der Waals surface area contributed by atoms with E-state index in [4.69, 9.17) is 0 Å². The molecule has 1 fully saturated rings. The third-order valence-electron chi connectivity index (χ3n) is 3.82. The number of Topliss-reactive ketones (excluding diaryl/α,β-unsaturated/α-hetero) is 1. The van der Waals surface area contributed by atoms with Gasteiger partial charge in [-0.1, -0.05) is 25.0 Å². The summed E-state index contributed by atoms with van der Waals surface area (Å²) in [4.78, 5) is 22.7. The number of rotatable bonds is 4. The number of nitro benzene ring substituents is 1. The maximum absolute atomic E-state index is 12.2. The van der Waals surface area contributed by atoms with Crippen LogP contribution in [0.25, 0.3) is 0 Å². The number of carbonyl (C=O) groups excluding carboxylic acids is 1. The molecule has 1 unspecified atom stereocenters. The van der Waals surface area contributed by atoms with Crippen molar-refractivity contribution in [2.75, 3.05) is 6.54 Å². The second-order valence-corrected chi connectivity index (χ2v) is 5.39. The lowest BCUT2D eigenvalue weighted by Crippen LogP contribution is -2.30. The van der Waals surface area contributed by atoms with Crippen LogP contribution in [0.15, 0.2) is 18.2 Å². The van der Waals surface area contributed by atoms with E-state index in [1.165, 1.54) is 12.5 Å². The van der Waals surface area contributed by atoms with E-state index in [2.05, 4.69) is 5.32 Å². The summed E-state index contributed by atoms with van der Waals surface area (Å²) < 4.78 is 0. The minimum atomic E-state index is -0.435. The van der Waals surface area contributed by atoms with Crippen LogP contribution < -0.4 is 5.32 Å². The number of nitro groups is 1. The van der Waals surface area contributed by atoms with Crippen molar-refractivity contribution < 1.29 is 9.72 Å². The van der Waals surface area contributed by atoms with Gasteiger partial charge in [-0.3, -0.25) is 14.9 Å². The molecule has 0 spiro atoms. The molecular weight excluding hydrogens is 256 g/mol. The molecule has 1 aliphatic heterocycles. The predicted octanol–water partition coefficient (Wildman–Crippen LogP) is 3.01. The summed E-state index contributed by atoms with van der Waals surface area (Å²) in [7, 11) is 0. The molecule has 0 radical (unpaired) electrons. The number of aryl methyl sites for hydroxylation is 1. The first-order valence-corrected chi connectivity index (χ1v) is 7.09. The highest BCUT2D eigenvalue weighted by Gasteiger charge is 2.19. The molecule has 5 nitrogen and oxygen atoms in total. The molecule has 0 saturated carbocycles. The second-order valence-electron chi connectivity index (χ2n) is 5.39. The predicted molar refractivity (Wildman–Crippen MR) is 77.0 cm³/mol. The Morgan fingerprint density at radius 3 is 2.95 bits per heavy atom. The van der Waals surface area contributed by atoms with Crippen LogP contribution in [0.2, 0.25) is 0 Å². The zero-order valence-corrected chi connectivity index (χ0v) is 11.7. The van der Waals surface area contributed by atoms with Crippen molar-refractivity contribution in [2.24, 2.45) is 0 Å². The molecule has 1 saturated heterocycles. The Hall–Kier alpha value is -1.75. The molecule has 0 bridgehead atoms. The van der Waals surface area contributed by atoms with Crippen molar-refractivity contribution in [1.82, 2.24) is 5.32 Å². The van der Waals surface area contributed by atoms with Gasteiger partial charge < -0.3 is 5.32 Å². The number of benzene rings is 1. The van der Waals surface area contributed by atoms with E-state index in [0.717, 1.165) is 25.8 Å². The lowest BCUT2D eigenvalue weighted by Gasteiger charge is -2.14. The zero-order chi connectivity index (χ0) is 14.5. The van der Waals surface area contributed by atoms with Crippen molar-refractivity contribution in [3.05, 3.63) is 39.4 Å². The fourth-order valence-corrected chi connectivity index (χ4v) is 2.60. The minimum absolute atomic E-state index is 0.0182. The summed E-state index contributed by atoms with van der Waals surface area (Å²) in [5.41, 5.74) is 1.04. The first-order chi connectivity index (χ1) is 9.58. The molecule has 0 aromatic heterocycles. The topological polar surface area (TPSA) is 72.2 Å². The molecule has 0 aliphatic carbocycles. The van der Waals surface area contributed by atoms with Gasteiger partial charge >= 0.3 is 0 Å². The fourth-order valence-electron chi connectivity index (χ4n) is 2.60. The van der Waals surface area contributed by atoms with Gasteiger partial charge in [-0.15, -0.1) is 0 Å². The summed E-state index contributed by atoms with van der Waals surface area (Å²) in [6, 6.07) is 4.92. The first-order valence-electron chi connectivity index (χ1n) is 7.09. The van der Waals surface area contributed by atoms with Crippen molar-refractivity contribution in [3.8, 4) is 0 Å². The maximum Gasteiger partial charge on any atom is 0.273 e. The molecule has 1 heterocycles. The lowest BCUT2D eigenvalue weighted by atomic mass is 9.99. The highest BCUT2D eigenvalue weighted by Crippen LogP contribution is 2.21. The molecule has 5 heteroatoms. The van der Waals surface area contributed by atoms with Crippen LogP contribution in [0.4, 0.5) is 5.69 Å². The molecule has 1 aliphatic rings. The Balaban J connectivity index is 2.08. The van der Waals surface area contributed by atoms with Gasteiger partial charge in [-0.2, -0.15) is 0 Å². The molecule has 0 amide bonds. The minimum Gasteiger partial charge on any atom is -0.314 e. The number of hydrogen-bond donors (Lipinski definition) is 1. The van der Waals surface area contributed by atoms with Crippen LogP contribution in [0.3, 0.4) is 0 Å². The standard InChI is InChI=1S/C15H20N2O3/c1-11-6-7-12(9-14(11)17(19)20)15(18)10-13-5-3-2-4-8-16-13/h6-7,9,13,16H,2-5,8,10H2,1H3. The van der Waals surface area contributed by atoms with Crippen molar-refractivity contribution in [1.29, 1.82) is 0 Å². The van der Waals surface area contributed by atoms with Crippen LogP contribution in [-0.4, -0.2) is 23.3 Å². The van der Waals surface area contributed by atoms with Crippen LogP contribution in [0, 0.1) is 17.0 Å². The van der Waals surface area contributed by atoms with Gasteiger partial charge in [0.1, 0.15) is 0 Å². The number of hydrogen-bond acceptors (Lipinski definition) is 4. The second kappa shape index (κ2) is 6.61. The Kier molecular flexibility index (Phi) is 4.84. The molecule has 1 atom stereocenters. The van der Waals surface area contributed by atoms with Gasteiger partial charge in [0.05, 0.1) is 4.92 Å². The zero-order valence-electron chi connectivity index (χ0n) is 11.7. The molecule has 20 heavy (non-hydrogen) atoms. The quantitative estimate of drug-likeness (QED) is 0.521. The van der Waals surface area contributed by atoms with E-state index in [-0.39, 0.29) is 17.5 Å². The normalized spacial score (nSPS) is 19.4.